The molecule has 1 fully saturated rings. The van der Waals surface area contributed by atoms with Crippen LogP contribution in [0.25, 0.3) is 0 Å². The molecule has 0 aromatic heterocycles. The van der Waals surface area contributed by atoms with Crippen LogP contribution in [0.1, 0.15) is 35.7 Å². The fourth-order valence-electron chi connectivity index (χ4n) is 2.79. The van der Waals surface area contributed by atoms with Gasteiger partial charge in [0, 0.05) is 36.3 Å². The first-order valence-corrected chi connectivity index (χ1v) is 9.40. The molecule has 0 bridgehead atoms. The number of carbonyl (C=O) groups is 1. The lowest BCUT2D eigenvalue weighted by molar-refractivity contribution is -0.385. The molecule has 24 heavy (non-hydrogen) atoms. The van der Waals surface area contributed by atoms with E-state index in [4.69, 9.17) is 0 Å². The van der Waals surface area contributed by atoms with Gasteiger partial charge in [0.25, 0.3) is 11.6 Å². The lowest BCUT2D eigenvalue weighted by atomic mass is 10.0. The van der Waals surface area contributed by atoms with Crippen LogP contribution in [0.3, 0.4) is 0 Å². The highest BCUT2D eigenvalue weighted by molar-refractivity contribution is 7.89. The molecule has 1 aliphatic heterocycles. The summed E-state index contributed by atoms with van der Waals surface area (Å²) >= 11 is 0. The van der Waals surface area contributed by atoms with Gasteiger partial charge < -0.3 is 5.32 Å². The summed E-state index contributed by atoms with van der Waals surface area (Å²) in [5, 5.41) is 13.8. The van der Waals surface area contributed by atoms with Crippen molar-refractivity contribution in [3.63, 3.8) is 0 Å². The third kappa shape index (κ3) is 3.90. The van der Waals surface area contributed by atoms with E-state index >= 15 is 0 Å². The van der Waals surface area contributed by atoms with Crippen molar-refractivity contribution >= 4 is 21.6 Å². The van der Waals surface area contributed by atoms with E-state index in [0.29, 0.717) is 31.5 Å². The van der Waals surface area contributed by atoms with Crippen molar-refractivity contribution in [1.29, 1.82) is 0 Å². The van der Waals surface area contributed by atoms with E-state index in [-0.39, 0.29) is 29.0 Å². The van der Waals surface area contributed by atoms with Crippen LogP contribution in [0.15, 0.2) is 18.2 Å². The molecule has 1 amide bonds. The highest BCUT2D eigenvalue weighted by Gasteiger charge is 2.28. The van der Waals surface area contributed by atoms with Gasteiger partial charge in [0.05, 0.1) is 10.7 Å². The van der Waals surface area contributed by atoms with Crippen LogP contribution in [0.2, 0.25) is 0 Å². The zero-order valence-electron chi connectivity index (χ0n) is 13.7. The van der Waals surface area contributed by atoms with Crippen LogP contribution in [0.5, 0.6) is 0 Å². The Morgan fingerprint density at radius 1 is 1.38 bits per heavy atom. The zero-order chi connectivity index (χ0) is 17.9. The molecule has 9 heteroatoms. The fourth-order valence-corrected chi connectivity index (χ4v) is 3.92. The van der Waals surface area contributed by atoms with Gasteiger partial charge in [-0.3, -0.25) is 14.9 Å². The number of sulfonamides is 1. The topological polar surface area (TPSA) is 110 Å². The zero-order valence-corrected chi connectivity index (χ0v) is 14.5. The van der Waals surface area contributed by atoms with Gasteiger partial charge in [0.15, 0.2) is 0 Å². The number of carbonyl (C=O) groups excluding carboxylic acids is 1. The average molecular weight is 355 g/mol. The van der Waals surface area contributed by atoms with Gasteiger partial charge in [-0.15, -0.1) is 0 Å². The molecule has 132 valence electrons. The van der Waals surface area contributed by atoms with Crippen molar-refractivity contribution < 1.29 is 18.1 Å². The first-order valence-electron chi connectivity index (χ1n) is 7.79. The molecule has 0 spiro atoms. The summed E-state index contributed by atoms with van der Waals surface area (Å²) in [6, 6.07) is 4.25. The number of amides is 1. The molecule has 1 aromatic carbocycles. The molecule has 0 atom stereocenters. The lowest BCUT2D eigenvalue weighted by Gasteiger charge is -2.31. The summed E-state index contributed by atoms with van der Waals surface area (Å²) in [7, 11) is -3.20. The minimum Gasteiger partial charge on any atom is -0.349 e. The lowest BCUT2D eigenvalue weighted by Crippen LogP contribution is -2.47. The van der Waals surface area contributed by atoms with Crippen LogP contribution in [-0.2, 0) is 10.0 Å². The monoisotopic (exact) mass is 355 g/mol. The van der Waals surface area contributed by atoms with Crippen LogP contribution >= 0.6 is 0 Å². The molecule has 0 unspecified atom stereocenters. The van der Waals surface area contributed by atoms with Crippen LogP contribution < -0.4 is 5.32 Å². The first-order chi connectivity index (χ1) is 11.3. The standard InChI is InChI=1S/C15H21N3O5S/c1-3-24(22,23)17-9-7-12(8-10-17)16-15(19)13-5-4-6-14(11(13)2)18(20)21/h4-6,12H,3,7-10H2,1-2H3,(H,16,19). The minimum absolute atomic E-state index is 0.0664. The largest absolute Gasteiger partial charge is 0.349 e. The number of nitro groups is 1. The Bertz CT molecular complexity index is 739. The second-order valence-electron chi connectivity index (χ2n) is 5.75. The van der Waals surface area contributed by atoms with Crippen molar-refractivity contribution in [3.05, 3.63) is 39.4 Å². The van der Waals surface area contributed by atoms with Crippen molar-refractivity contribution in [2.24, 2.45) is 0 Å². The van der Waals surface area contributed by atoms with Gasteiger partial charge in [0.2, 0.25) is 10.0 Å². The maximum Gasteiger partial charge on any atom is 0.273 e. The number of nitro benzene ring substituents is 1. The predicted molar refractivity (Wildman–Crippen MR) is 89.4 cm³/mol. The Kier molecular flexibility index (Phi) is 5.55. The Hall–Kier alpha value is -2.00. The SMILES string of the molecule is CCS(=O)(=O)N1CCC(NC(=O)c2cccc([N+](=O)[O-])c2C)CC1. The van der Waals surface area contributed by atoms with Crippen molar-refractivity contribution in [2.75, 3.05) is 18.8 Å². The number of piperidine rings is 1. The highest BCUT2D eigenvalue weighted by atomic mass is 32.2. The normalized spacial score (nSPS) is 16.8. The second kappa shape index (κ2) is 7.27. The number of hydrogen-bond donors (Lipinski definition) is 1. The number of rotatable bonds is 5. The number of nitrogens with one attached hydrogen (secondary N) is 1. The number of nitrogens with zero attached hydrogens (tertiary/aromatic N) is 2. The van der Waals surface area contributed by atoms with Crippen LogP contribution in [-0.4, -0.2) is 48.4 Å². The van der Waals surface area contributed by atoms with Gasteiger partial charge in [0.1, 0.15) is 0 Å². The molecule has 1 aromatic rings. The smallest absolute Gasteiger partial charge is 0.273 e. The molecule has 2 rings (SSSR count). The maximum atomic E-state index is 12.4. The fraction of sp³-hybridized carbons (Fsp3) is 0.533. The van der Waals surface area contributed by atoms with Crippen molar-refractivity contribution in [3.8, 4) is 0 Å². The summed E-state index contributed by atoms with van der Waals surface area (Å²) in [6.07, 6.45) is 1.05. The minimum atomic E-state index is -3.20. The van der Waals surface area contributed by atoms with Gasteiger partial charge >= 0.3 is 0 Å². The molecular formula is C15H21N3O5S. The van der Waals surface area contributed by atoms with Gasteiger partial charge in [-0.25, -0.2) is 12.7 Å². The summed E-state index contributed by atoms with van der Waals surface area (Å²) in [5.74, 6) is -0.301. The summed E-state index contributed by atoms with van der Waals surface area (Å²) in [4.78, 5) is 22.8. The van der Waals surface area contributed by atoms with Gasteiger partial charge in [-0.2, -0.15) is 0 Å². The second-order valence-corrected chi connectivity index (χ2v) is 8.01. The van der Waals surface area contributed by atoms with Crippen molar-refractivity contribution in [2.45, 2.75) is 32.7 Å². The van der Waals surface area contributed by atoms with Crippen LogP contribution in [0.4, 0.5) is 5.69 Å². The molecule has 8 nitrogen and oxygen atoms in total. The molecule has 1 heterocycles. The Balaban J connectivity index is 2.02. The van der Waals surface area contributed by atoms with Crippen LogP contribution in [0, 0.1) is 17.0 Å². The van der Waals surface area contributed by atoms with E-state index < -0.39 is 14.9 Å². The van der Waals surface area contributed by atoms with E-state index in [1.54, 1.807) is 19.9 Å². The predicted octanol–water partition coefficient (Wildman–Crippen LogP) is 1.45. The Morgan fingerprint density at radius 3 is 2.54 bits per heavy atom. The quantitative estimate of drug-likeness (QED) is 0.635. The Morgan fingerprint density at radius 2 is 2.00 bits per heavy atom. The molecular weight excluding hydrogens is 334 g/mol. The summed E-state index contributed by atoms with van der Waals surface area (Å²) in [5.41, 5.74) is 0.505. The Labute approximate surface area is 141 Å². The van der Waals surface area contributed by atoms with Gasteiger partial charge in [-0.1, -0.05) is 6.07 Å². The molecule has 1 aliphatic rings. The van der Waals surface area contributed by atoms with Gasteiger partial charge in [-0.05, 0) is 32.8 Å². The molecule has 0 radical (unpaired) electrons. The molecule has 1 saturated heterocycles. The van der Waals surface area contributed by atoms with Crippen molar-refractivity contribution in [1.82, 2.24) is 9.62 Å². The third-order valence-corrected chi connectivity index (χ3v) is 6.18. The first kappa shape index (κ1) is 18.3. The molecule has 0 saturated carbocycles. The van der Waals surface area contributed by atoms with E-state index in [0.717, 1.165) is 0 Å². The van der Waals surface area contributed by atoms with E-state index in [1.807, 2.05) is 0 Å². The average Bonchev–Trinajstić information content (AvgIpc) is 2.55. The number of hydrogen-bond acceptors (Lipinski definition) is 5. The number of benzene rings is 1. The molecule has 1 N–H and O–H groups in total. The summed E-state index contributed by atoms with van der Waals surface area (Å²) < 4.78 is 25.1. The maximum absolute atomic E-state index is 12.4. The van der Waals surface area contributed by atoms with E-state index in [9.17, 15) is 23.3 Å². The highest BCUT2D eigenvalue weighted by Crippen LogP contribution is 2.22. The van der Waals surface area contributed by atoms with E-state index in [2.05, 4.69) is 5.32 Å². The third-order valence-electron chi connectivity index (χ3n) is 4.29. The van der Waals surface area contributed by atoms with E-state index in [1.165, 1.54) is 16.4 Å². The molecule has 0 aliphatic carbocycles. The summed E-state index contributed by atoms with van der Waals surface area (Å²) in [6.45, 7) is 3.89.